The van der Waals surface area contributed by atoms with Crippen molar-refractivity contribution in [2.75, 3.05) is 25.6 Å². The maximum absolute atomic E-state index is 13.7. The number of likely N-dealkylation sites (tertiary alicyclic amines) is 1. The van der Waals surface area contributed by atoms with Crippen LogP contribution in [0.2, 0.25) is 0 Å². The van der Waals surface area contributed by atoms with Crippen LogP contribution in [0.1, 0.15) is 41.6 Å². The number of anilines is 1. The molecule has 0 spiro atoms. The van der Waals surface area contributed by atoms with Crippen LogP contribution in [0.5, 0.6) is 5.75 Å². The molecule has 2 amide bonds. The SMILES string of the molecule is COc1cc(C(=O)N2CC3CCC2C3N)cc2nc(-c3cc4ccc(-c5ccc6c(c5)CC(=O)N6C)nc4n3CC3CC3)n(C)c12. The molecule has 46 heavy (non-hydrogen) atoms. The number of ether oxygens (including phenoxy) is 1. The van der Waals surface area contributed by atoms with Crippen molar-refractivity contribution in [3.63, 3.8) is 0 Å². The van der Waals surface area contributed by atoms with E-state index in [0.717, 1.165) is 82.0 Å². The lowest BCUT2D eigenvalue weighted by atomic mass is 10.1. The second-order valence-corrected chi connectivity index (χ2v) is 13.6. The fourth-order valence-electron chi connectivity index (χ4n) is 8.11. The third-order valence-corrected chi connectivity index (χ3v) is 10.9. The third-order valence-electron chi connectivity index (χ3n) is 10.9. The fraction of sp³-hybridized carbons (Fsp3) is 0.389. The first-order chi connectivity index (χ1) is 22.3. The zero-order chi connectivity index (χ0) is 31.4. The molecule has 10 nitrogen and oxygen atoms in total. The van der Waals surface area contributed by atoms with Gasteiger partial charge in [0, 0.05) is 61.5 Å². The third kappa shape index (κ3) is 4.05. The quantitative estimate of drug-likeness (QED) is 0.295. The molecule has 5 heterocycles. The number of aromatic nitrogens is 4. The predicted molar refractivity (Wildman–Crippen MR) is 177 cm³/mol. The molecule has 234 valence electrons. The van der Waals surface area contributed by atoms with Crippen LogP contribution in [0.4, 0.5) is 5.69 Å². The molecule has 2 N–H and O–H groups in total. The van der Waals surface area contributed by atoms with Gasteiger partial charge in [-0.1, -0.05) is 6.07 Å². The number of methoxy groups -OCH3 is 1. The van der Waals surface area contributed by atoms with Crippen molar-refractivity contribution >= 4 is 39.6 Å². The molecular weight excluding hydrogens is 578 g/mol. The Bertz CT molecular complexity index is 2110. The van der Waals surface area contributed by atoms with Crippen molar-refractivity contribution in [2.24, 2.45) is 24.6 Å². The highest BCUT2D eigenvalue weighted by atomic mass is 16.5. The molecule has 0 radical (unpaired) electrons. The fourth-order valence-corrected chi connectivity index (χ4v) is 8.11. The molecule has 2 aliphatic heterocycles. The number of nitrogens with two attached hydrogens (primary N) is 1. The highest BCUT2D eigenvalue weighted by Gasteiger charge is 2.47. The van der Waals surface area contributed by atoms with Gasteiger partial charge in [0.25, 0.3) is 5.91 Å². The van der Waals surface area contributed by atoms with Gasteiger partial charge in [-0.3, -0.25) is 9.59 Å². The van der Waals surface area contributed by atoms with Crippen LogP contribution >= 0.6 is 0 Å². The summed E-state index contributed by atoms with van der Waals surface area (Å²) in [6.45, 7) is 1.58. The number of imidazole rings is 1. The zero-order valence-electron chi connectivity index (χ0n) is 26.4. The first-order valence-corrected chi connectivity index (χ1v) is 16.3. The van der Waals surface area contributed by atoms with Crippen LogP contribution in [0, 0.1) is 11.8 Å². The lowest BCUT2D eigenvalue weighted by molar-refractivity contribution is -0.117. The van der Waals surface area contributed by atoms with Crippen molar-refractivity contribution in [3.05, 3.63) is 59.7 Å². The molecule has 3 fully saturated rings. The number of aryl methyl sites for hydroxylation is 1. The average molecular weight is 616 g/mol. The number of nitrogens with zero attached hydrogens (tertiary/aromatic N) is 6. The second-order valence-electron chi connectivity index (χ2n) is 13.6. The van der Waals surface area contributed by atoms with Gasteiger partial charge in [-0.2, -0.15) is 0 Å². The first kappa shape index (κ1) is 27.6. The molecule has 10 heteroatoms. The summed E-state index contributed by atoms with van der Waals surface area (Å²) in [7, 11) is 5.48. The minimum absolute atomic E-state index is 0.00260. The van der Waals surface area contributed by atoms with E-state index < -0.39 is 0 Å². The number of amides is 2. The number of piperidine rings is 1. The number of fused-ring (bicyclic) bond motifs is 5. The zero-order valence-corrected chi connectivity index (χ0v) is 26.4. The highest BCUT2D eigenvalue weighted by molar-refractivity contribution is 6.02. The maximum atomic E-state index is 13.7. The maximum Gasteiger partial charge on any atom is 0.254 e. The molecule has 9 rings (SSSR count). The largest absolute Gasteiger partial charge is 0.494 e. The van der Waals surface area contributed by atoms with E-state index in [1.54, 1.807) is 12.0 Å². The number of hydrogen-bond acceptors (Lipinski definition) is 6. The highest BCUT2D eigenvalue weighted by Crippen LogP contribution is 2.41. The molecule has 3 unspecified atom stereocenters. The van der Waals surface area contributed by atoms with Crippen LogP contribution in [0.15, 0.2) is 48.5 Å². The molecule has 1 saturated heterocycles. The van der Waals surface area contributed by atoms with Gasteiger partial charge in [0.15, 0.2) is 5.82 Å². The van der Waals surface area contributed by atoms with E-state index in [9.17, 15) is 9.59 Å². The number of benzene rings is 2. The van der Waals surface area contributed by atoms with E-state index >= 15 is 0 Å². The smallest absolute Gasteiger partial charge is 0.254 e. The van der Waals surface area contributed by atoms with Gasteiger partial charge in [0.05, 0.1) is 30.4 Å². The molecule has 2 aliphatic carbocycles. The Hall–Kier alpha value is -4.70. The topological polar surface area (TPSA) is 112 Å². The molecule has 2 aromatic carbocycles. The summed E-state index contributed by atoms with van der Waals surface area (Å²) < 4.78 is 10.2. The van der Waals surface area contributed by atoms with Crippen molar-refractivity contribution in [3.8, 4) is 28.5 Å². The summed E-state index contributed by atoms with van der Waals surface area (Å²) in [4.78, 5) is 40.1. The van der Waals surface area contributed by atoms with Gasteiger partial charge in [-0.15, -0.1) is 0 Å². The molecule has 5 aromatic rings. The number of rotatable bonds is 6. The molecule has 2 bridgehead atoms. The second kappa shape index (κ2) is 9.90. The molecular formula is C36H37N7O3. The monoisotopic (exact) mass is 615 g/mol. The van der Waals surface area contributed by atoms with Crippen LogP contribution in [-0.4, -0.2) is 68.6 Å². The van der Waals surface area contributed by atoms with Crippen molar-refractivity contribution in [1.82, 2.24) is 24.0 Å². The summed E-state index contributed by atoms with van der Waals surface area (Å²) in [6.07, 6.45) is 4.89. The normalized spacial score (nSPS) is 22.1. The van der Waals surface area contributed by atoms with Gasteiger partial charge in [0.2, 0.25) is 5.91 Å². The van der Waals surface area contributed by atoms with E-state index in [1.807, 2.05) is 37.2 Å². The standard InChI is InChI=1S/C36H37N7O3/c1-40-27-10-7-20(12-23(27)16-31(40)44)25-9-6-21-14-29(42(34(21)38-25)17-19-4-5-19)35-39-26-13-24(15-30(46-3)33(26)41(35)2)36(45)43-18-22-8-11-28(43)32(22)37/h6-7,9-10,12-15,19,22,28,32H,4-5,8,11,16-18,37H2,1-3H3. The Balaban J connectivity index is 1.14. The minimum atomic E-state index is -0.00260. The number of carbonyl (C=O) groups excluding carboxylic acids is 2. The number of hydrogen-bond donors (Lipinski definition) is 1. The van der Waals surface area contributed by atoms with E-state index in [-0.39, 0.29) is 23.9 Å². The summed E-state index contributed by atoms with van der Waals surface area (Å²) in [5, 5.41) is 1.05. The van der Waals surface area contributed by atoms with E-state index in [4.69, 9.17) is 20.4 Å². The Morgan fingerprint density at radius 3 is 2.61 bits per heavy atom. The minimum Gasteiger partial charge on any atom is -0.494 e. The Labute approximate surface area is 266 Å². The van der Waals surface area contributed by atoms with Gasteiger partial charge >= 0.3 is 0 Å². The van der Waals surface area contributed by atoms with Gasteiger partial charge in [-0.05, 0) is 85.5 Å². The van der Waals surface area contributed by atoms with Crippen molar-refractivity contribution in [2.45, 2.75) is 50.7 Å². The summed E-state index contributed by atoms with van der Waals surface area (Å²) in [5.41, 5.74) is 14.4. The van der Waals surface area contributed by atoms with Crippen molar-refractivity contribution < 1.29 is 14.3 Å². The van der Waals surface area contributed by atoms with Gasteiger partial charge in [0.1, 0.15) is 16.9 Å². The van der Waals surface area contributed by atoms with E-state index in [2.05, 4.69) is 39.5 Å². The van der Waals surface area contributed by atoms with Crippen LogP contribution in [0.3, 0.4) is 0 Å². The molecule has 3 aromatic heterocycles. The average Bonchev–Trinajstić information content (AvgIpc) is 3.26. The lowest BCUT2D eigenvalue weighted by Gasteiger charge is -2.27. The predicted octanol–water partition coefficient (Wildman–Crippen LogP) is 4.76. The Kier molecular flexibility index (Phi) is 5.94. The van der Waals surface area contributed by atoms with Gasteiger partial charge < -0.3 is 29.4 Å². The first-order valence-electron chi connectivity index (χ1n) is 16.3. The Morgan fingerprint density at radius 2 is 1.87 bits per heavy atom. The number of likely N-dealkylation sites (N-methyl/N-ethyl adjacent to an activating group) is 1. The van der Waals surface area contributed by atoms with Crippen molar-refractivity contribution in [1.29, 1.82) is 0 Å². The van der Waals surface area contributed by atoms with Gasteiger partial charge in [-0.25, -0.2) is 9.97 Å². The number of pyridine rings is 1. The summed E-state index contributed by atoms with van der Waals surface area (Å²) in [6, 6.07) is 16.4. The Morgan fingerprint density at radius 1 is 1.02 bits per heavy atom. The van der Waals surface area contributed by atoms with Crippen LogP contribution < -0.4 is 15.4 Å². The van der Waals surface area contributed by atoms with Crippen LogP contribution in [-0.2, 0) is 24.8 Å². The number of carbonyl (C=O) groups is 2. The van der Waals surface area contributed by atoms with E-state index in [1.165, 1.54) is 12.8 Å². The molecule has 4 aliphatic rings. The van der Waals surface area contributed by atoms with E-state index in [0.29, 0.717) is 29.6 Å². The summed E-state index contributed by atoms with van der Waals surface area (Å²) in [5.74, 6) is 2.54. The van der Waals surface area contributed by atoms with Crippen LogP contribution in [0.25, 0.3) is 44.8 Å². The molecule has 3 atom stereocenters. The lowest BCUT2D eigenvalue weighted by Crippen LogP contribution is -2.41. The summed E-state index contributed by atoms with van der Waals surface area (Å²) >= 11 is 0. The molecule has 2 saturated carbocycles.